The van der Waals surface area contributed by atoms with Crippen LogP contribution in [0.15, 0.2) is 83.8 Å². The first-order valence-electron chi connectivity index (χ1n) is 11.9. The molecule has 0 aromatic heterocycles. The van der Waals surface area contributed by atoms with E-state index in [2.05, 4.69) is 44.1 Å². The molecule has 3 aromatic carbocycles. The lowest BCUT2D eigenvalue weighted by Crippen LogP contribution is -2.48. The van der Waals surface area contributed by atoms with Gasteiger partial charge in [0.25, 0.3) is 15.9 Å². The SMILES string of the molecule is Cc1ccccc1NS(=O)(=O)c1ccc(C(=O)NCCN2CCN(Cc3ccccc3)CC2)cc1. The van der Waals surface area contributed by atoms with E-state index in [9.17, 15) is 13.2 Å². The number of rotatable bonds is 9. The Morgan fingerprint density at radius 3 is 2.14 bits per heavy atom. The van der Waals surface area contributed by atoms with Crippen LogP contribution in [0.2, 0.25) is 0 Å². The zero-order valence-corrected chi connectivity index (χ0v) is 20.8. The Balaban J connectivity index is 1.21. The molecule has 2 N–H and O–H groups in total. The molecule has 7 nitrogen and oxygen atoms in total. The van der Waals surface area contributed by atoms with Gasteiger partial charge in [0, 0.05) is 51.4 Å². The van der Waals surface area contributed by atoms with E-state index in [0.29, 0.717) is 17.8 Å². The molecule has 0 aliphatic carbocycles. The maximum Gasteiger partial charge on any atom is 0.261 e. The first kappa shape index (κ1) is 24.9. The fourth-order valence-electron chi connectivity index (χ4n) is 4.12. The van der Waals surface area contributed by atoms with Crippen molar-refractivity contribution in [1.29, 1.82) is 0 Å². The summed E-state index contributed by atoms with van der Waals surface area (Å²) in [7, 11) is -3.73. The van der Waals surface area contributed by atoms with E-state index in [1.165, 1.54) is 17.7 Å². The fraction of sp³-hybridized carbons (Fsp3) is 0.296. The number of hydrogen-bond donors (Lipinski definition) is 2. The van der Waals surface area contributed by atoms with Crippen LogP contribution in [0.3, 0.4) is 0 Å². The molecule has 1 aliphatic rings. The van der Waals surface area contributed by atoms with Crippen LogP contribution >= 0.6 is 0 Å². The monoisotopic (exact) mass is 492 g/mol. The predicted octanol–water partition coefficient (Wildman–Crippen LogP) is 3.34. The Morgan fingerprint density at radius 1 is 0.829 bits per heavy atom. The van der Waals surface area contributed by atoms with Gasteiger partial charge in [0.2, 0.25) is 0 Å². The first-order valence-corrected chi connectivity index (χ1v) is 13.3. The molecule has 0 saturated carbocycles. The standard InChI is InChI=1S/C27H32N4O3S/c1-22-7-5-6-10-26(22)29-35(33,34)25-13-11-24(12-14-25)27(32)28-15-16-30-17-19-31(20-18-30)21-23-8-3-2-4-9-23/h2-14,29H,15-21H2,1H3,(H,28,32). The van der Waals surface area contributed by atoms with Crippen LogP contribution in [0.25, 0.3) is 0 Å². The van der Waals surface area contributed by atoms with Gasteiger partial charge in [-0.25, -0.2) is 8.42 Å². The number of amides is 1. The minimum Gasteiger partial charge on any atom is -0.351 e. The normalized spacial score (nSPS) is 15.0. The number of hydrogen-bond acceptors (Lipinski definition) is 5. The number of piperazine rings is 1. The van der Waals surface area contributed by atoms with Crippen molar-refractivity contribution in [2.75, 3.05) is 44.0 Å². The highest BCUT2D eigenvalue weighted by Crippen LogP contribution is 2.19. The second-order valence-corrected chi connectivity index (χ2v) is 10.5. The average molecular weight is 493 g/mol. The topological polar surface area (TPSA) is 81.7 Å². The van der Waals surface area contributed by atoms with Crippen molar-refractivity contribution in [2.24, 2.45) is 0 Å². The Bertz CT molecular complexity index is 1220. The summed E-state index contributed by atoms with van der Waals surface area (Å²) in [6.45, 7) is 8.12. The number of sulfonamides is 1. The largest absolute Gasteiger partial charge is 0.351 e. The summed E-state index contributed by atoms with van der Waals surface area (Å²) in [4.78, 5) is 17.5. The van der Waals surface area contributed by atoms with Crippen LogP contribution < -0.4 is 10.0 Å². The maximum atomic E-state index is 12.7. The summed E-state index contributed by atoms with van der Waals surface area (Å²) in [6, 6.07) is 23.7. The van der Waals surface area contributed by atoms with E-state index in [0.717, 1.165) is 44.8 Å². The molecule has 0 unspecified atom stereocenters. The third-order valence-electron chi connectivity index (χ3n) is 6.24. The number of carbonyl (C=O) groups is 1. The molecule has 1 aliphatic heterocycles. The van der Waals surface area contributed by atoms with Gasteiger partial charge in [-0.2, -0.15) is 0 Å². The van der Waals surface area contributed by atoms with Gasteiger partial charge in [0.15, 0.2) is 0 Å². The highest BCUT2D eigenvalue weighted by Gasteiger charge is 2.18. The number of para-hydroxylation sites is 1. The number of nitrogens with one attached hydrogen (secondary N) is 2. The van der Waals surface area contributed by atoms with Crippen molar-refractivity contribution in [3.8, 4) is 0 Å². The van der Waals surface area contributed by atoms with Gasteiger partial charge >= 0.3 is 0 Å². The summed E-state index contributed by atoms with van der Waals surface area (Å²) in [5.74, 6) is -0.205. The van der Waals surface area contributed by atoms with Crippen LogP contribution in [0, 0.1) is 6.92 Å². The van der Waals surface area contributed by atoms with Crippen molar-refractivity contribution in [3.05, 3.63) is 95.6 Å². The molecule has 0 bridgehead atoms. The summed E-state index contributed by atoms with van der Waals surface area (Å²) in [5, 5.41) is 2.94. The van der Waals surface area contributed by atoms with Crippen LogP contribution in [0.5, 0.6) is 0 Å². The summed E-state index contributed by atoms with van der Waals surface area (Å²) < 4.78 is 28.0. The molecule has 4 rings (SSSR count). The molecule has 0 atom stereocenters. The Labute approximate surface area is 207 Å². The Kier molecular flexibility index (Phi) is 8.17. The molecule has 1 heterocycles. The molecule has 35 heavy (non-hydrogen) atoms. The average Bonchev–Trinajstić information content (AvgIpc) is 2.87. The Morgan fingerprint density at radius 2 is 1.46 bits per heavy atom. The molecular weight excluding hydrogens is 460 g/mol. The number of anilines is 1. The number of nitrogens with zero attached hydrogens (tertiary/aromatic N) is 2. The molecule has 8 heteroatoms. The van der Waals surface area contributed by atoms with E-state index in [-0.39, 0.29) is 10.8 Å². The van der Waals surface area contributed by atoms with Crippen LogP contribution in [-0.4, -0.2) is 63.4 Å². The zero-order chi connectivity index (χ0) is 24.7. The van der Waals surface area contributed by atoms with Crippen LogP contribution in [0.4, 0.5) is 5.69 Å². The first-order chi connectivity index (χ1) is 16.9. The highest BCUT2D eigenvalue weighted by molar-refractivity contribution is 7.92. The highest BCUT2D eigenvalue weighted by atomic mass is 32.2. The van der Waals surface area contributed by atoms with Crippen molar-refractivity contribution >= 4 is 21.6 Å². The molecule has 1 amide bonds. The van der Waals surface area contributed by atoms with E-state index < -0.39 is 10.0 Å². The Hall–Kier alpha value is -3.20. The van der Waals surface area contributed by atoms with Crippen molar-refractivity contribution in [1.82, 2.24) is 15.1 Å². The van der Waals surface area contributed by atoms with Gasteiger partial charge in [-0.1, -0.05) is 48.5 Å². The van der Waals surface area contributed by atoms with Gasteiger partial charge in [-0.3, -0.25) is 19.3 Å². The van der Waals surface area contributed by atoms with Crippen LogP contribution in [0.1, 0.15) is 21.5 Å². The minimum atomic E-state index is -3.73. The molecule has 1 saturated heterocycles. The lowest BCUT2D eigenvalue weighted by atomic mass is 10.2. The van der Waals surface area contributed by atoms with Gasteiger partial charge in [-0.15, -0.1) is 0 Å². The maximum absolute atomic E-state index is 12.7. The summed E-state index contributed by atoms with van der Waals surface area (Å²) in [6.07, 6.45) is 0. The fourth-order valence-corrected chi connectivity index (χ4v) is 5.25. The van der Waals surface area contributed by atoms with Gasteiger partial charge in [0.05, 0.1) is 10.6 Å². The molecule has 0 spiro atoms. The van der Waals surface area contributed by atoms with E-state index in [4.69, 9.17) is 0 Å². The molecule has 1 fully saturated rings. The minimum absolute atomic E-state index is 0.116. The third-order valence-corrected chi connectivity index (χ3v) is 7.63. The molecule has 3 aromatic rings. The van der Waals surface area contributed by atoms with Crippen molar-refractivity contribution in [3.63, 3.8) is 0 Å². The third kappa shape index (κ3) is 6.91. The summed E-state index contributed by atoms with van der Waals surface area (Å²) >= 11 is 0. The molecule has 184 valence electrons. The van der Waals surface area contributed by atoms with Crippen molar-refractivity contribution < 1.29 is 13.2 Å². The van der Waals surface area contributed by atoms with Crippen molar-refractivity contribution in [2.45, 2.75) is 18.4 Å². The molecular formula is C27H32N4O3S. The van der Waals surface area contributed by atoms with Crippen LogP contribution in [-0.2, 0) is 16.6 Å². The molecule has 0 radical (unpaired) electrons. The second kappa shape index (κ2) is 11.5. The van der Waals surface area contributed by atoms with Gasteiger partial charge in [0.1, 0.15) is 0 Å². The van der Waals surface area contributed by atoms with Gasteiger partial charge in [-0.05, 0) is 48.4 Å². The van der Waals surface area contributed by atoms with E-state index in [1.54, 1.807) is 24.3 Å². The summed E-state index contributed by atoms with van der Waals surface area (Å²) in [5.41, 5.74) is 3.14. The number of benzene rings is 3. The lowest BCUT2D eigenvalue weighted by Gasteiger charge is -2.34. The number of aryl methyl sites for hydroxylation is 1. The second-order valence-electron chi connectivity index (χ2n) is 8.80. The lowest BCUT2D eigenvalue weighted by molar-refractivity contribution is 0.0934. The smallest absolute Gasteiger partial charge is 0.261 e. The quantitative estimate of drug-likeness (QED) is 0.479. The predicted molar refractivity (Wildman–Crippen MR) is 139 cm³/mol. The van der Waals surface area contributed by atoms with E-state index >= 15 is 0 Å². The van der Waals surface area contributed by atoms with E-state index in [1.807, 2.05) is 25.1 Å². The van der Waals surface area contributed by atoms with Gasteiger partial charge < -0.3 is 5.32 Å². The number of carbonyl (C=O) groups excluding carboxylic acids is 1. The zero-order valence-electron chi connectivity index (χ0n) is 20.0.